The Kier molecular flexibility index (Phi) is 5.94. The van der Waals surface area contributed by atoms with Crippen LogP contribution in [0.1, 0.15) is 48.1 Å². The zero-order chi connectivity index (χ0) is 14.6. The number of rotatable bonds is 6. The maximum absolute atomic E-state index is 12.0. The summed E-state index contributed by atoms with van der Waals surface area (Å²) in [4.78, 5) is 17.1. The second kappa shape index (κ2) is 7.01. The molecule has 1 rings (SSSR count). The lowest BCUT2D eigenvalue weighted by Gasteiger charge is -2.14. The lowest BCUT2D eigenvalue weighted by Crippen LogP contribution is -2.34. The SMILES string of the molecule is Cc1nc(CC(C)C)sc1C(=O)NCC(O)C(C)C. The van der Waals surface area contributed by atoms with Crippen LogP contribution in [0.15, 0.2) is 0 Å². The van der Waals surface area contributed by atoms with Gasteiger partial charge in [0.15, 0.2) is 0 Å². The maximum atomic E-state index is 12.0. The number of nitrogens with zero attached hydrogens (tertiary/aromatic N) is 1. The third-order valence-electron chi connectivity index (χ3n) is 2.87. The molecular formula is C14H24N2O2S. The number of aryl methyl sites for hydroxylation is 1. The number of carbonyl (C=O) groups is 1. The van der Waals surface area contributed by atoms with E-state index in [1.807, 2.05) is 20.8 Å². The second-order valence-electron chi connectivity index (χ2n) is 5.64. The molecule has 5 heteroatoms. The van der Waals surface area contributed by atoms with E-state index in [-0.39, 0.29) is 18.4 Å². The fraction of sp³-hybridized carbons (Fsp3) is 0.714. The van der Waals surface area contributed by atoms with Gasteiger partial charge in [0.05, 0.1) is 16.8 Å². The van der Waals surface area contributed by atoms with Crippen LogP contribution >= 0.6 is 11.3 Å². The third-order valence-corrected chi connectivity index (χ3v) is 4.05. The molecule has 0 saturated carbocycles. The van der Waals surface area contributed by atoms with Crippen molar-refractivity contribution in [3.05, 3.63) is 15.6 Å². The Labute approximate surface area is 119 Å². The van der Waals surface area contributed by atoms with E-state index >= 15 is 0 Å². The fourth-order valence-corrected chi connectivity index (χ4v) is 2.81. The van der Waals surface area contributed by atoms with Gasteiger partial charge in [-0.3, -0.25) is 4.79 Å². The first-order valence-electron chi connectivity index (χ1n) is 6.73. The highest BCUT2D eigenvalue weighted by atomic mass is 32.1. The van der Waals surface area contributed by atoms with Crippen molar-refractivity contribution in [2.45, 2.75) is 47.1 Å². The molecule has 108 valence electrons. The predicted molar refractivity (Wildman–Crippen MR) is 78.6 cm³/mol. The van der Waals surface area contributed by atoms with E-state index in [2.05, 4.69) is 24.1 Å². The predicted octanol–water partition coefficient (Wildman–Crippen LogP) is 2.40. The van der Waals surface area contributed by atoms with Gasteiger partial charge in [0, 0.05) is 13.0 Å². The molecule has 1 atom stereocenters. The Morgan fingerprint density at radius 1 is 1.37 bits per heavy atom. The van der Waals surface area contributed by atoms with E-state index in [1.54, 1.807) is 0 Å². The lowest BCUT2D eigenvalue weighted by molar-refractivity contribution is 0.0874. The molecule has 0 bridgehead atoms. The quantitative estimate of drug-likeness (QED) is 0.843. The van der Waals surface area contributed by atoms with E-state index in [4.69, 9.17) is 0 Å². The number of carbonyl (C=O) groups excluding carboxylic acids is 1. The monoisotopic (exact) mass is 284 g/mol. The second-order valence-corrected chi connectivity index (χ2v) is 6.73. The first-order chi connectivity index (χ1) is 8.81. The molecule has 1 aromatic rings. The summed E-state index contributed by atoms with van der Waals surface area (Å²) in [6, 6.07) is 0. The number of hydrogen-bond donors (Lipinski definition) is 2. The van der Waals surface area contributed by atoms with E-state index in [0.29, 0.717) is 10.8 Å². The molecule has 0 radical (unpaired) electrons. The van der Waals surface area contributed by atoms with Crippen molar-refractivity contribution in [3.63, 3.8) is 0 Å². The van der Waals surface area contributed by atoms with Crippen molar-refractivity contribution in [3.8, 4) is 0 Å². The van der Waals surface area contributed by atoms with Crippen molar-refractivity contribution in [1.29, 1.82) is 0 Å². The zero-order valence-electron chi connectivity index (χ0n) is 12.4. The minimum atomic E-state index is -0.507. The Morgan fingerprint density at radius 3 is 2.53 bits per heavy atom. The molecule has 2 N–H and O–H groups in total. The number of hydrogen-bond acceptors (Lipinski definition) is 4. The van der Waals surface area contributed by atoms with Gasteiger partial charge in [-0.2, -0.15) is 0 Å². The van der Waals surface area contributed by atoms with Gasteiger partial charge in [-0.05, 0) is 18.8 Å². The first kappa shape index (κ1) is 16.1. The average Bonchev–Trinajstić information content (AvgIpc) is 2.65. The summed E-state index contributed by atoms with van der Waals surface area (Å²) in [5, 5.41) is 13.5. The van der Waals surface area contributed by atoms with Crippen molar-refractivity contribution in [2.75, 3.05) is 6.54 Å². The molecule has 19 heavy (non-hydrogen) atoms. The average molecular weight is 284 g/mol. The summed E-state index contributed by atoms with van der Waals surface area (Å²) in [5.41, 5.74) is 0.775. The van der Waals surface area contributed by atoms with Gasteiger partial charge in [0.2, 0.25) is 0 Å². The Balaban J connectivity index is 2.64. The maximum Gasteiger partial charge on any atom is 0.263 e. The summed E-state index contributed by atoms with van der Waals surface area (Å²) in [6.07, 6.45) is 0.389. The Bertz CT molecular complexity index is 427. The van der Waals surface area contributed by atoms with Gasteiger partial charge >= 0.3 is 0 Å². The van der Waals surface area contributed by atoms with Crippen molar-refractivity contribution in [2.24, 2.45) is 11.8 Å². The van der Waals surface area contributed by atoms with Gasteiger partial charge < -0.3 is 10.4 Å². The van der Waals surface area contributed by atoms with E-state index < -0.39 is 6.10 Å². The number of amides is 1. The standard InChI is InChI=1S/C14H24N2O2S/c1-8(2)6-12-16-10(5)13(19-12)14(18)15-7-11(17)9(3)4/h8-9,11,17H,6-7H2,1-5H3,(H,15,18). The fourth-order valence-electron chi connectivity index (χ4n) is 1.61. The van der Waals surface area contributed by atoms with Gasteiger partial charge in [-0.1, -0.05) is 27.7 Å². The van der Waals surface area contributed by atoms with Crippen LogP contribution in [0.4, 0.5) is 0 Å². The number of aliphatic hydroxyl groups is 1. The van der Waals surface area contributed by atoms with E-state index in [0.717, 1.165) is 17.1 Å². The van der Waals surface area contributed by atoms with Gasteiger partial charge in [0.25, 0.3) is 5.91 Å². The summed E-state index contributed by atoms with van der Waals surface area (Å²) in [6.45, 7) is 10.3. The minimum absolute atomic E-state index is 0.135. The van der Waals surface area contributed by atoms with Crippen LogP contribution in [0, 0.1) is 18.8 Å². The molecule has 0 saturated heterocycles. The van der Waals surface area contributed by atoms with Gasteiger partial charge in [-0.25, -0.2) is 4.98 Å². The topological polar surface area (TPSA) is 62.2 Å². The number of nitrogens with one attached hydrogen (secondary N) is 1. The summed E-state index contributed by atoms with van der Waals surface area (Å²) in [5.74, 6) is 0.535. The molecule has 0 spiro atoms. The van der Waals surface area contributed by atoms with Crippen LogP contribution in [-0.2, 0) is 6.42 Å². The molecule has 4 nitrogen and oxygen atoms in total. The van der Waals surface area contributed by atoms with E-state index in [1.165, 1.54) is 11.3 Å². The van der Waals surface area contributed by atoms with Crippen molar-refractivity contribution in [1.82, 2.24) is 10.3 Å². The van der Waals surface area contributed by atoms with Crippen molar-refractivity contribution >= 4 is 17.2 Å². The van der Waals surface area contributed by atoms with Crippen molar-refractivity contribution < 1.29 is 9.90 Å². The molecule has 1 aromatic heterocycles. The highest BCUT2D eigenvalue weighted by molar-refractivity contribution is 7.13. The van der Waals surface area contributed by atoms with Crippen LogP contribution < -0.4 is 5.32 Å². The highest BCUT2D eigenvalue weighted by Crippen LogP contribution is 2.20. The van der Waals surface area contributed by atoms with Crippen LogP contribution in [0.3, 0.4) is 0 Å². The van der Waals surface area contributed by atoms with Gasteiger partial charge in [0.1, 0.15) is 4.88 Å². The van der Waals surface area contributed by atoms with E-state index in [9.17, 15) is 9.90 Å². The molecule has 0 aliphatic heterocycles. The zero-order valence-corrected chi connectivity index (χ0v) is 13.2. The summed E-state index contributed by atoms with van der Waals surface area (Å²) < 4.78 is 0. The van der Waals surface area contributed by atoms with Crippen LogP contribution in [0.25, 0.3) is 0 Å². The van der Waals surface area contributed by atoms with Crippen LogP contribution in [0.2, 0.25) is 0 Å². The smallest absolute Gasteiger partial charge is 0.263 e. The molecule has 1 amide bonds. The molecular weight excluding hydrogens is 260 g/mol. The molecule has 0 fully saturated rings. The van der Waals surface area contributed by atoms with Gasteiger partial charge in [-0.15, -0.1) is 11.3 Å². The molecule has 1 heterocycles. The molecule has 0 aliphatic rings. The minimum Gasteiger partial charge on any atom is -0.391 e. The largest absolute Gasteiger partial charge is 0.391 e. The Hall–Kier alpha value is -0.940. The molecule has 1 unspecified atom stereocenters. The normalized spacial score (nSPS) is 13.1. The first-order valence-corrected chi connectivity index (χ1v) is 7.55. The number of thiazole rings is 1. The highest BCUT2D eigenvalue weighted by Gasteiger charge is 2.17. The lowest BCUT2D eigenvalue weighted by atomic mass is 10.1. The van der Waals surface area contributed by atoms with Crippen LogP contribution in [0.5, 0.6) is 0 Å². The number of aromatic nitrogens is 1. The third kappa shape index (κ3) is 4.91. The molecule has 0 aromatic carbocycles. The Morgan fingerprint density at radius 2 is 2.00 bits per heavy atom. The van der Waals surface area contributed by atoms with Crippen LogP contribution in [-0.4, -0.2) is 28.6 Å². The summed E-state index contributed by atoms with van der Waals surface area (Å²) >= 11 is 1.45. The summed E-state index contributed by atoms with van der Waals surface area (Å²) in [7, 11) is 0. The number of aliphatic hydroxyl groups excluding tert-OH is 1. The molecule has 0 aliphatic carbocycles.